The van der Waals surface area contributed by atoms with Crippen LogP contribution in [0.2, 0.25) is 0 Å². The molecular weight excluding hydrogens is 264 g/mol. The highest BCUT2D eigenvalue weighted by Crippen LogP contribution is 2.37. The number of nitrogens with zero attached hydrogens (tertiary/aromatic N) is 1. The molecule has 1 aromatic carbocycles. The molecule has 1 aromatic rings. The Bertz CT molecular complexity index is 542. The first-order chi connectivity index (χ1) is 9.49. The fourth-order valence-corrected chi connectivity index (χ4v) is 1.83. The van der Waals surface area contributed by atoms with E-state index in [2.05, 4.69) is 5.32 Å². The van der Waals surface area contributed by atoms with Crippen molar-refractivity contribution in [2.75, 3.05) is 13.3 Å². The van der Waals surface area contributed by atoms with Crippen LogP contribution in [-0.4, -0.2) is 24.2 Å². The molecule has 1 aliphatic heterocycles. The Balaban J connectivity index is 2.21. The standard InChI is InChI=1S/C13H16N2O5/c1-8(2)3-4-14-13(16)9-5-11-12(20-7-19-11)6-10(9)15(17)18/h5-6,8H,3-4,7H2,1-2H3,(H,14,16). The predicted molar refractivity (Wildman–Crippen MR) is 71.0 cm³/mol. The Labute approximate surface area is 116 Å². The summed E-state index contributed by atoms with van der Waals surface area (Å²) >= 11 is 0. The van der Waals surface area contributed by atoms with Crippen molar-refractivity contribution in [1.82, 2.24) is 5.32 Å². The molecule has 0 atom stereocenters. The molecule has 2 rings (SSSR count). The molecule has 0 saturated carbocycles. The monoisotopic (exact) mass is 280 g/mol. The third-order valence-electron chi connectivity index (χ3n) is 2.94. The van der Waals surface area contributed by atoms with Crippen molar-refractivity contribution in [1.29, 1.82) is 0 Å². The van der Waals surface area contributed by atoms with Crippen LogP contribution < -0.4 is 14.8 Å². The van der Waals surface area contributed by atoms with Crippen LogP contribution in [0.1, 0.15) is 30.6 Å². The predicted octanol–water partition coefficient (Wildman–Crippen LogP) is 2.10. The lowest BCUT2D eigenvalue weighted by atomic mass is 10.1. The second-order valence-corrected chi connectivity index (χ2v) is 4.92. The first-order valence-corrected chi connectivity index (χ1v) is 6.35. The van der Waals surface area contributed by atoms with Crippen LogP contribution >= 0.6 is 0 Å². The largest absolute Gasteiger partial charge is 0.454 e. The molecule has 1 aliphatic rings. The number of carbonyl (C=O) groups is 1. The molecule has 0 unspecified atom stereocenters. The maximum Gasteiger partial charge on any atom is 0.286 e. The fourth-order valence-electron chi connectivity index (χ4n) is 1.83. The lowest BCUT2D eigenvalue weighted by Gasteiger charge is -2.08. The summed E-state index contributed by atoms with van der Waals surface area (Å²) in [6.45, 7) is 4.55. The highest BCUT2D eigenvalue weighted by atomic mass is 16.7. The lowest BCUT2D eigenvalue weighted by molar-refractivity contribution is -0.385. The Morgan fingerprint density at radius 1 is 1.40 bits per heavy atom. The van der Waals surface area contributed by atoms with E-state index in [4.69, 9.17) is 9.47 Å². The molecule has 7 nitrogen and oxygen atoms in total. The van der Waals surface area contributed by atoms with Crippen molar-refractivity contribution in [3.05, 3.63) is 27.8 Å². The van der Waals surface area contributed by atoms with Gasteiger partial charge in [-0.2, -0.15) is 0 Å². The summed E-state index contributed by atoms with van der Waals surface area (Å²) in [5.41, 5.74) is -0.292. The molecule has 0 spiro atoms. The van der Waals surface area contributed by atoms with Gasteiger partial charge in [0.25, 0.3) is 11.6 Å². The number of carbonyl (C=O) groups excluding carboxylic acids is 1. The molecule has 0 radical (unpaired) electrons. The highest BCUT2D eigenvalue weighted by Gasteiger charge is 2.26. The number of amides is 1. The normalized spacial score (nSPS) is 12.6. The van der Waals surface area contributed by atoms with Gasteiger partial charge in [-0.1, -0.05) is 13.8 Å². The summed E-state index contributed by atoms with van der Waals surface area (Å²) in [6, 6.07) is 2.57. The zero-order valence-electron chi connectivity index (χ0n) is 11.3. The van der Waals surface area contributed by atoms with E-state index in [1.807, 2.05) is 13.8 Å². The Morgan fingerprint density at radius 3 is 2.65 bits per heavy atom. The first kappa shape index (κ1) is 14.1. The van der Waals surface area contributed by atoms with Gasteiger partial charge in [0.15, 0.2) is 11.5 Å². The molecule has 0 bridgehead atoms. The maximum absolute atomic E-state index is 12.0. The second kappa shape index (κ2) is 5.77. The van der Waals surface area contributed by atoms with Crippen LogP contribution in [0.3, 0.4) is 0 Å². The summed E-state index contributed by atoms with van der Waals surface area (Å²) in [7, 11) is 0. The SMILES string of the molecule is CC(C)CCNC(=O)c1cc2c(cc1[N+](=O)[O-])OCO2. The molecule has 108 valence electrons. The number of nitro benzene ring substituents is 1. The number of nitro groups is 1. The van der Waals surface area contributed by atoms with Gasteiger partial charge in [-0.25, -0.2) is 0 Å². The van der Waals surface area contributed by atoms with E-state index >= 15 is 0 Å². The maximum atomic E-state index is 12.0. The second-order valence-electron chi connectivity index (χ2n) is 4.92. The van der Waals surface area contributed by atoms with Gasteiger partial charge >= 0.3 is 0 Å². The van der Waals surface area contributed by atoms with Gasteiger partial charge in [-0.15, -0.1) is 0 Å². The van der Waals surface area contributed by atoms with Crippen LogP contribution in [0.4, 0.5) is 5.69 Å². The van der Waals surface area contributed by atoms with Gasteiger partial charge in [0.1, 0.15) is 5.56 Å². The van der Waals surface area contributed by atoms with Gasteiger partial charge in [0.2, 0.25) is 6.79 Å². The van der Waals surface area contributed by atoms with Gasteiger partial charge in [0.05, 0.1) is 11.0 Å². The average molecular weight is 280 g/mol. The number of hydrogen-bond donors (Lipinski definition) is 1. The molecule has 0 saturated heterocycles. The van der Waals surface area contributed by atoms with Crippen LogP contribution in [0.15, 0.2) is 12.1 Å². The van der Waals surface area contributed by atoms with E-state index in [0.717, 1.165) is 6.42 Å². The minimum atomic E-state index is -0.598. The molecular formula is C13H16N2O5. The summed E-state index contributed by atoms with van der Waals surface area (Å²) in [5, 5.41) is 13.7. The third kappa shape index (κ3) is 2.98. The molecule has 0 fully saturated rings. The number of benzene rings is 1. The van der Waals surface area contributed by atoms with Gasteiger partial charge < -0.3 is 14.8 Å². The van der Waals surface area contributed by atoms with Crippen molar-refractivity contribution in [3.8, 4) is 11.5 Å². The average Bonchev–Trinajstić information content (AvgIpc) is 2.83. The van der Waals surface area contributed by atoms with E-state index in [1.165, 1.54) is 12.1 Å². The Hall–Kier alpha value is -2.31. The van der Waals surface area contributed by atoms with E-state index < -0.39 is 10.8 Å². The molecule has 20 heavy (non-hydrogen) atoms. The lowest BCUT2D eigenvalue weighted by Crippen LogP contribution is -2.26. The van der Waals surface area contributed by atoms with E-state index in [-0.39, 0.29) is 23.8 Å². The first-order valence-electron chi connectivity index (χ1n) is 6.35. The molecule has 7 heteroatoms. The topological polar surface area (TPSA) is 90.7 Å². The van der Waals surface area contributed by atoms with E-state index in [1.54, 1.807) is 0 Å². The molecule has 1 amide bonds. The van der Waals surface area contributed by atoms with Gasteiger partial charge in [0, 0.05) is 12.6 Å². The van der Waals surface area contributed by atoms with Crippen molar-refractivity contribution in [3.63, 3.8) is 0 Å². The number of fused-ring (bicyclic) bond motifs is 1. The smallest absolute Gasteiger partial charge is 0.286 e. The molecule has 1 N–H and O–H groups in total. The van der Waals surface area contributed by atoms with Crippen LogP contribution in [-0.2, 0) is 0 Å². The quantitative estimate of drug-likeness (QED) is 0.658. The van der Waals surface area contributed by atoms with Crippen molar-refractivity contribution in [2.24, 2.45) is 5.92 Å². The van der Waals surface area contributed by atoms with Gasteiger partial charge in [-0.3, -0.25) is 14.9 Å². The number of ether oxygens (including phenoxy) is 2. The highest BCUT2D eigenvalue weighted by molar-refractivity contribution is 5.99. The van der Waals surface area contributed by atoms with E-state index in [9.17, 15) is 14.9 Å². The van der Waals surface area contributed by atoms with Crippen LogP contribution in [0, 0.1) is 16.0 Å². The molecule has 0 aliphatic carbocycles. The Morgan fingerprint density at radius 2 is 2.05 bits per heavy atom. The summed E-state index contributed by atoms with van der Waals surface area (Å²) in [5.74, 6) is 0.609. The third-order valence-corrected chi connectivity index (χ3v) is 2.94. The minimum Gasteiger partial charge on any atom is -0.454 e. The zero-order chi connectivity index (χ0) is 14.7. The zero-order valence-corrected chi connectivity index (χ0v) is 11.3. The van der Waals surface area contributed by atoms with Gasteiger partial charge in [-0.05, 0) is 12.3 Å². The summed E-state index contributed by atoms with van der Waals surface area (Å²) in [4.78, 5) is 22.5. The minimum absolute atomic E-state index is 0.00487. The number of hydrogen-bond acceptors (Lipinski definition) is 5. The van der Waals surface area contributed by atoms with Crippen molar-refractivity contribution in [2.45, 2.75) is 20.3 Å². The Kier molecular flexibility index (Phi) is 4.07. The van der Waals surface area contributed by atoms with Crippen LogP contribution in [0.5, 0.6) is 11.5 Å². The fraction of sp³-hybridized carbons (Fsp3) is 0.462. The summed E-state index contributed by atoms with van der Waals surface area (Å²) in [6.07, 6.45) is 0.810. The summed E-state index contributed by atoms with van der Waals surface area (Å²) < 4.78 is 10.2. The van der Waals surface area contributed by atoms with Crippen molar-refractivity contribution >= 4 is 11.6 Å². The van der Waals surface area contributed by atoms with E-state index in [0.29, 0.717) is 18.2 Å². The molecule has 0 aromatic heterocycles. The number of rotatable bonds is 5. The molecule has 1 heterocycles. The number of nitrogens with one attached hydrogen (secondary N) is 1. The van der Waals surface area contributed by atoms with Crippen molar-refractivity contribution < 1.29 is 19.2 Å². The van der Waals surface area contributed by atoms with Crippen LogP contribution in [0.25, 0.3) is 0 Å².